The fourth-order valence-electron chi connectivity index (χ4n) is 1.48. The van der Waals surface area contributed by atoms with Crippen molar-refractivity contribution >= 4 is 43.5 Å². The quantitative estimate of drug-likeness (QED) is 0.811. The summed E-state index contributed by atoms with van der Waals surface area (Å²) in [6.45, 7) is 0. The third kappa shape index (κ3) is 1.98. The molecule has 0 atom stereocenters. The molecule has 0 aromatic heterocycles. The molecule has 0 unspecified atom stereocenters. The molecule has 0 heterocycles. The maximum atomic E-state index is 11.2. The molecule has 15 heavy (non-hydrogen) atoms. The van der Waals surface area contributed by atoms with Crippen LogP contribution in [0.5, 0.6) is 5.75 Å². The van der Waals surface area contributed by atoms with Gasteiger partial charge in [0, 0.05) is 10.0 Å². The van der Waals surface area contributed by atoms with Gasteiger partial charge in [0.1, 0.15) is 5.75 Å². The van der Waals surface area contributed by atoms with Gasteiger partial charge in [0.05, 0.1) is 0 Å². The van der Waals surface area contributed by atoms with E-state index in [1.165, 1.54) is 6.07 Å². The minimum atomic E-state index is -0.575. The van der Waals surface area contributed by atoms with Gasteiger partial charge in [-0.15, -0.1) is 0 Å². The largest absolute Gasteiger partial charge is 0.508 e. The van der Waals surface area contributed by atoms with Crippen molar-refractivity contribution in [1.29, 1.82) is 0 Å². The van der Waals surface area contributed by atoms with Crippen molar-refractivity contribution in [2.45, 2.75) is 0 Å². The van der Waals surface area contributed by atoms with E-state index < -0.39 is 5.24 Å². The summed E-state index contributed by atoms with van der Waals surface area (Å²) in [6.07, 6.45) is 0. The summed E-state index contributed by atoms with van der Waals surface area (Å²) in [5.74, 6) is 0.0359. The van der Waals surface area contributed by atoms with Crippen LogP contribution in [-0.4, -0.2) is 10.3 Å². The summed E-state index contributed by atoms with van der Waals surface area (Å²) in [4.78, 5) is 11.2. The van der Waals surface area contributed by atoms with Gasteiger partial charge in [-0.05, 0) is 46.6 Å². The summed E-state index contributed by atoms with van der Waals surface area (Å²) >= 11 is 8.76. The third-order valence-corrected chi connectivity index (χ3v) is 2.81. The van der Waals surface area contributed by atoms with Crippen LogP contribution in [0.3, 0.4) is 0 Å². The molecule has 0 spiro atoms. The smallest absolute Gasteiger partial charge is 0.253 e. The monoisotopic (exact) mass is 284 g/mol. The zero-order valence-corrected chi connectivity index (χ0v) is 9.84. The number of phenolic OH excluding ortho intramolecular Hbond substituents is 1. The summed E-state index contributed by atoms with van der Waals surface area (Å²) in [7, 11) is 0. The Morgan fingerprint density at radius 2 is 2.00 bits per heavy atom. The number of fused-ring (bicyclic) bond motifs is 1. The number of aromatic hydroxyl groups is 1. The highest BCUT2D eigenvalue weighted by Gasteiger charge is 2.09. The number of halogens is 2. The second-order valence-electron chi connectivity index (χ2n) is 3.13. The maximum absolute atomic E-state index is 11.2. The Bertz CT molecular complexity index is 552. The number of carbonyl (C=O) groups is 1. The van der Waals surface area contributed by atoms with Crippen LogP contribution in [0.15, 0.2) is 34.8 Å². The molecule has 0 aliphatic carbocycles. The first-order chi connectivity index (χ1) is 7.08. The van der Waals surface area contributed by atoms with E-state index in [0.717, 1.165) is 15.2 Å². The van der Waals surface area contributed by atoms with E-state index in [0.29, 0.717) is 5.56 Å². The molecule has 0 fully saturated rings. The predicted molar refractivity (Wildman–Crippen MR) is 63.5 cm³/mol. The summed E-state index contributed by atoms with van der Waals surface area (Å²) in [5, 5.41) is 10.3. The lowest BCUT2D eigenvalue weighted by molar-refractivity contribution is 0.108. The molecule has 0 radical (unpaired) electrons. The van der Waals surface area contributed by atoms with E-state index in [9.17, 15) is 9.90 Å². The zero-order valence-electron chi connectivity index (χ0n) is 7.50. The topological polar surface area (TPSA) is 37.3 Å². The third-order valence-electron chi connectivity index (χ3n) is 2.11. The van der Waals surface area contributed by atoms with E-state index in [4.69, 9.17) is 11.6 Å². The van der Waals surface area contributed by atoms with Crippen LogP contribution in [0.2, 0.25) is 0 Å². The number of benzene rings is 2. The van der Waals surface area contributed by atoms with Crippen molar-refractivity contribution in [1.82, 2.24) is 0 Å². The van der Waals surface area contributed by atoms with Gasteiger partial charge in [-0.2, -0.15) is 0 Å². The van der Waals surface area contributed by atoms with E-state index >= 15 is 0 Å². The first-order valence-corrected chi connectivity index (χ1v) is 5.37. The van der Waals surface area contributed by atoms with Crippen LogP contribution in [0.4, 0.5) is 0 Å². The average Bonchev–Trinajstić information content (AvgIpc) is 2.17. The number of hydrogen-bond acceptors (Lipinski definition) is 2. The van der Waals surface area contributed by atoms with Crippen molar-refractivity contribution in [3.05, 3.63) is 40.4 Å². The SMILES string of the molecule is O=C(Cl)c1cc(O)cc2ccc(Br)cc12. The van der Waals surface area contributed by atoms with Gasteiger partial charge in [0.25, 0.3) is 5.24 Å². The number of phenols is 1. The Hall–Kier alpha value is -1.06. The number of carbonyl (C=O) groups excluding carboxylic acids is 1. The van der Waals surface area contributed by atoms with Crippen LogP contribution >= 0.6 is 27.5 Å². The highest BCUT2D eigenvalue weighted by Crippen LogP contribution is 2.28. The first kappa shape index (κ1) is 10.5. The molecule has 0 bridgehead atoms. The van der Waals surface area contributed by atoms with Crippen LogP contribution in [0, 0.1) is 0 Å². The summed E-state index contributed by atoms with van der Waals surface area (Å²) in [6, 6.07) is 8.40. The molecule has 76 valence electrons. The molecule has 1 N–H and O–H groups in total. The predicted octanol–water partition coefficient (Wildman–Crippen LogP) is 3.69. The van der Waals surface area contributed by atoms with Crippen LogP contribution in [-0.2, 0) is 0 Å². The Labute approximate surface area is 99.6 Å². The molecule has 0 saturated heterocycles. The van der Waals surface area contributed by atoms with Crippen molar-refractivity contribution in [3.8, 4) is 5.75 Å². The van der Waals surface area contributed by atoms with E-state index in [-0.39, 0.29) is 5.75 Å². The van der Waals surface area contributed by atoms with Gasteiger partial charge in [-0.1, -0.05) is 22.0 Å². The van der Waals surface area contributed by atoms with Crippen molar-refractivity contribution in [2.24, 2.45) is 0 Å². The standard InChI is InChI=1S/C11H6BrClO2/c12-7-2-1-6-3-8(14)5-10(11(13)15)9(6)4-7/h1-5,14H. The molecule has 0 saturated carbocycles. The van der Waals surface area contributed by atoms with E-state index in [2.05, 4.69) is 15.9 Å². The first-order valence-electron chi connectivity index (χ1n) is 4.20. The van der Waals surface area contributed by atoms with Crippen molar-refractivity contribution in [2.75, 3.05) is 0 Å². The normalized spacial score (nSPS) is 10.5. The molecule has 0 amide bonds. The van der Waals surface area contributed by atoms with Gasteiger partial charge in [0.2, 0.25) is 0 Å². The second-order valence-corrected chi connectivity index (χ2v) is 4.39. The molecule has 2 aromatic rings. The Kier molecular flexibility index (Phi) is 2.67. The van der Waals surface area contributed by atoms with Crippen LogP contribution in [0.1, 0.15) is 10.4 Å². The minimum absolute atomic E-state index is 0.0359. The highest BCUT2D eigenvalue weighted by atomic mass is 79.9. The van der Waals surface area contributed by atoms with E-state index in [1.54, 1.807) is 12.1 Å². The van der Waals surface area contributed by atoms with Crippen molar-refractivity contribution < 1.29 is 9.90 Å². The molecule has 2 nitrogen and oxygen atoms in total. The Morgan fingerprint density at radius 3 is 2.67 bits per heavy atom. The van der Waals surface area contributed by atoms with Crippen LogP contribution < -0.4 is 0 Å². The lowest BCUT2D eigenvalue weighted by Crippen LogP contribution is -1.90. The maximum Gasteiger partial charge on any atom is 0.253 e. The second kappa shape index (κ2) is 3.83. The molecule has 2 aromatic carbocycles. The fraction of sp³-hybridized carbons (Fsp3) is 0. The lowest BCUT2D eigenvalue weighted by Gasteiger charge is -2.04. The Balaban J connectivity index is 2.87. The van der Waals surface area contributed by atoms with Gasteiger partial charge < -0.3 is 5.11 Å². The highest BCUT2D eigenvalue weighted by molar-refractivity contribution is 9.10. The fourth-order valence-corrected chi connectivity index (χ4v) is 1.99. The minimum Gasteiger partial charge on any atom is -0.508 e. The molecular formula is C11H6BrClO2. The Morgan fingerprint density at radius 1 is 1.27 bits per heavy atom. The number of rotatable bonds is 1. The molecule has 4 heteroatoms. The molecule has 0 aliphatic heterocycles. The summed E-state index contributed by atoms with van der Waals surface area (Å²) < 4.78 is 0.861. The molecule has 0 aliphatic rings. The summed E-state index contributed by atoms with van der Waals surface area (Å²) in [5.41, 5.74) is 0.313. The zero-order chi connectivity index (χ0) is 11.0. The average molecular weight is 286 g/mol. The number of hydrogen-bond donors (Lipinski definition) is 1. The van der Waals surface area contributed by atoms with Gasteiger partial charge >= 0.3 is 0 Å². The van der Waals surface area contributed by atoms with Gasteiger partial charge in [0.15, 0.2) is 0 Å². The molecular weight excluding hydrogens is 279 g/mol. The molecule has 2 rings (SSSR count). The van der Waals surface area contributed by atoms with Gasteiger partial charge in [-0.3, -0.25) is 4.79 Å². The van der Waals surface area contributed by atoms with Crippen LogP contribution in [0.25, 0.3) is 10.8 Å². The lowest BCUT2D eigenvalue weighted by atomic mass is 10.0. The van der Waals surface area contributed by atoms with E-state index in [1.807, 2.05) is 12.1 Å². The van der Waals surface area contributed by atoms with Crippen molar-refractivity contribution in [3.63, 3.8) is 0 Å². The van der Waals surface area contributed by atoms with Gasteiger partial charge in [-0.25, -0.2) is 0 Å².